The Labute approximate surface area is 124 Å². The lowest BCUT2D eigenvalue weighted by Gasteiger charge is -1.97. The van der Waals surface area contributed by atoms with E-state index >= 15 is 0 Å². The maximum Gasteiger partial charge on any atom is 0.270 e. The average molecular weight is 303 g/mol. The van der Waals surface area contributed by atoms with E-state index in [1.807, 2.05) is 0 Å². The highest BCUT2D eigenvalue weighted by molar-refractivity contribution is 7.15. The Hall–Kier alpha value is -2.35. The molecule has 8 heteroatoms. The molecule has 3 aromatic heterocycles. The first-order valence-corrected chi connectivity index (χ1v) is 7.27. The monoisotopic (exact) mass is 303 g/mol. The molecule has 0 amide bonds. The Morgan fingerprint density at radius 3 is 3.00 bits per heavy atom. The summed E-state index contributed by atoms with van der Waals surface area (Å²) in [7, 11) is 0. The van der Waals surface area contributed by atoms with Crippen LogP contribution < -0.4 is 5.56 Å². The zero-order chi connectivity index (χ0) is 14.8. The average Bonchev–Trinajstić information content (AvgIpc) is 3.06. The lowest BCUT2D eigenvalue weighted by atomic mass is 10.1. The van der Waals surface area contributed by atoms with Crippen LogP contribution in [0, 0.1) is 5.92 Å². The molecule has 0 aromatic carbocycles. The lowest BCUT2D eigenvalue weighted by molar-refractivity contribution is 0.433. The molecule has 0 aliphatic rings. The van der Waals surface area contributed by atoms with E-state index in [0.717, 1.165) is 16.3 Å². The smallest absolute Gasteiger partial charge is 0.270 e. The van der Waals surface area contributed by atoms with E-state index in [-0.39, 0.29) is 11.4 Å². The van der Waals surface area contributed by atoms with E-state index in [0.29, 0.717) is 17.5 Å². The number of nitrogens with zero attached hydrogens (tertiary/aromatic N) is 4. The summed E-state index contributed by atoms with van der Waals surface area (Å²) in [4.78, 5) is 27.1. The van der Waals surface area contributed by atoms with Gasteiger partial charge in [0, 0.05) is 12.5 Å². The van der Waals surface area contributed by atoms with Gasteiger partial charge in [0.05, 0.1) is 17.5 Å². The third kappa shape index (κ3) is 3.05. The molecule has 0 atom stereocenters. The van der Waals surface area contributed by atoms with Gasteiger partial charge in [-0.15, -0.1) is 11.3 Å². The molecule has 0 saturated carbocycles. The van der Waals surface area contributed by atoms with Crippen molar-refractivity contribution in [2.75, 3.05) is 0 Å². The normalized spacial score (nSPS) is 11.2. The number of rotatable bonds is 4. The molecule has 108 valence electrons. The number of aromatic amines is 1. The van der Waals surface area contributed by atoms with Gasteiger partial charge in [-0.05, 0) is 5.92 Å². The van der Waals surface area contributed by atoms with Crippen LogP contribution in [0.25, 0.3) is 22.3 Å². The first-order chi connectivity index (χ1) is 10.1. The zero-order valence-corrected chi connectivity index (χ0v) is 12.3. The summed E-state index contributed by atoms with van der Waals surface area (Å²) in [5.74, 6) is 1.22. The molecule has 0 spiro atoms. The summed E-state index contributed by atoms with van der Waals surface area (Å²) < 4.78 is 5.22. The fourth-order valence-corrected chi connectivity index (χ4v) is 2.82. The van der Waals surface area contributed by atoms with Crippen molar-refractivity contribution < 1.29 is 4.52 Å². The molecule has 3 rings (SSSR count). The molecule has 0 bridgehead atoms. The molecule has 3 heterocycles. The summed E-state index contributed by atoms with van der Waals surface area (Å²) in [6.45, 7) is 4.29. The molecule has 0 radical (unpaired) electrons. The summed E-state index contributed by atoms with van der Waals surface area (Å²) >= 11 is 1.53. The predicted molar refractivity (Wildman–Crippen MR) is 77.8 cm³/mol. The minimum Gasteiger partial charge on any atom is -0.333 e. The maximum absolute atomic E-state index is 11.3. The second-order valence-electron chi connectivity index (χ2n) is 4.94. The summed E-state index contributed by atoms with van der Waals surface area (Å²) in [5, 5.41) is 4.89. The van der Waals surface area contributed by atoms with E-state index in [1.54, 1.807) is 6.20 Å². The number of aromatic nitrogens is 5. The first-order valence-electron chi connectivity index (χ1n) is 6.45. The van der Waals surface area contributed by atoms with Gasteiger partial charge in [-0.1, -0.05) is 19.0 Å². The molecule has 1 N–H and O–H groups in total. The number of thiazole rings is 1. The number of hydrogen-bond donors (Lipinski definition) is 1. The minimum atomic E-state index is -0.261. The van der Waals surface area contributed by atoms with Gasteiger partial charge in [-0.25, -0.2) is 9.97 Å². The molecule has 0 unspecified atom stereocenters. The van der Waals surface area contributed by atoms with Gasteiger partial charge in [-0.2, -0.15) is 4.98 Å². The molecule has 0 aliphatic heterocycles. The molecule has 3 aromatic rings. The quantitative estimate of drug-likeness (QED) is 0.793. The van der Waals surface area contributed by atoms with Gasteiger partial charge in [-0.3, -0.25) is 4.79 Å². The topological polar surface area (TPSA) is 97.6 Å². The van der Waals surface area contributed by atoms with Crippen molar-refractivity contribution in [2.45, 2.75) is 20.3 Å². The highest BCUT2D eigenvalue weighted by atomic mass is 32.1. The van der Waals surface area contributed by atoms with Crippen LogP contribution in [0.15, 0.2) is 27.9 Å². The Morgan fingerprint density at radius 1 is 1.38 bits per heavy atom. The molecular weight excluding hydrogens is 290 g/mol. The Morgan fingerprint density at radius 2 is 2.24 bits per heavy atom. The molecule has 0 saturated heterocycles. The van der Waals surface area contributed by atoms with Gasteiger partial charge in [0.25, 0.3) is 11.4 Å². The van der Waals surface area contributed by atoms with Crippen LogP contribution in [0.1, 0.15) is 18.9 Å². The molecule has 0 aliphatic carbocycles. The summed E-state index contributed by atoms with van der Waals surface area (Å²) in [6.07, 6.45) is 3.95. The van der Waals surface area contributed by atoms with E-state index in [4.69, 9.17) is 4.52 Å². The molecular formula is C13H13N5O2S. The van der Waals surface area contributed by atoms with Gasteiger partial charge < -0.3 is 9.51 Å². The number of H-pyrrole nitrogens is 1. The highest BCUT2D eigenvalue weighted by Gasteiger charge is 2.15. The van der Waals surface area contributed by atoms with Gasteiger partial charge in [0.15, 0.2) is 0 Å². The van der Waals surface area contributed by atoms with Crippen molar-refractivity contribution in [2.24, 2.45) is 5.92 Å². The second-order valence-corrected chi connectivity index (χ2v) is 6.05. The van der Waals surface area contributed by atoms with Crippen molar-refractivity contribution in [1.82, 2.24) is 25.1 Å². The second kappa shape index (κ2) is 5.57. The third-order valence-electron chi connectivity index (χ3n) is 2.68. The van der Waals surface area contributed by atoms with Gasteiger partial charge in [0.1, 0.15) is 10.6 Å². The Balaban J connectivity index is 1.88. The van der Waals surface area contributed by atoms with Crippen LogP contribution in [0.3, 0.4) is 0 Å². The lowest BCUT2D eigenvalue weighted by Crippen LogP contribution is -2.04. The van der Waals surface area contributed by atoms with Crippen molar-refractivity contribution in [3.8, 4) is 22.3 Å². The number of hydrogen-bond acceptors (Lipinski definition) is 7. The van der Waals surface area contributed by atoms with E-state index < -0.39 is 0 Å². The number of nitrogens with one attached hydrogen (secondary N) is 1. The van der Waals surface area contributed by atoms with Crippen LogP contribution in [0.5, 0.6) is 0 Å². The Bertz CT molecular complexity index is 805. The zero-order valence-electron chi connectivity index (χ0n) is 11.5. The highest BCUT2D eigenvalue weighted by Crippen LogP contribution is 2.27. The fraction of sp³-hybridized carbons (Fsp3) is 0.308. The van der Waals surface area contributed by atoms with Crippen molar-refractivity contribution in [3.05, 3.63) is 34.0 Å². The van der Waals surface area contributed by atoms with E-state index in [1.165, 1.54) is 23.7 Å². The summed E-state index contributed by atoms with van der Waals surface area (Å²) in [6, 6.07) is 1.32. The van der Waals surface area contributed by atoms with Crippen molar-refractivity contribution >= 4 is 11.3 Å². The van der Waals surface area contributed by atoms with Crippen LogP contribution in [-0.4, -0.2) is 25.1 Å². The SMILES string of the molecule is CC(C)Cc1ncc(-c2nc(-c3cc(=O)[nH]cn3)no2)s1. The van der Waals surface area contributed by atoms with E-state index in [2.05, 4.69) is 38.9 Å². The van der Waals surface area contributed by atoms with Crippen molar-refractivity contribution in [3.63, 3.8) is 0 Å². The fourth-order valence-electron chi connectivity index (χ4n) is 1.77. The third-order valence-corrected chi connectivity index (χ3v) is 3.69. The molecule has 7 nitrogen and oxygen atoms in total. The van der Waals surface area contributed by atoms with Crippen LogP contribution in [-0.2, 0) is 6.42 Å². The van der Waals surface area contributed by atoms with Crippen LogP contribution in [0.4, 0.5) is 0 Å². The van der Waals surface area contributed by atoms with Crippen molar-refractivity contribution in [1.29, 1.82) is 0 Å². The summed E-state index contributed by atoms with van der Waals surface area (Å²) in [5.41, 5.74) is 0.115. The Kier molecular flexibility index (Phi) is 3.61. The van der Waals surface area contributed by atoms with E-state index in [9.17, 15) is 4.79 Å². The van der Waals surface area contributed by atoms with Gasteiger partial charge in [0.2, 0.25) is 5.82 Å². The largest absolute Gasteiger partial charge is 0.333 e. The molecule has 0 fully saturated rings. The van der Waals surface area contributed by atoms with Crippen LogP contribution in [0.2, 0.25) is 0 Å². The first kappa shape index (κ1) is 13.6. The molecule has 21 heavy (non-hydrogen) atoms. The minimum absolute atomic E-state index is 0.261. The van der Waals surface area contributed by atoms with Crippen LogP contribution >= 0.6 is 11.3 Å². The predicted octanol–water partition coefficient (Wildman–Crippen LogP) is 2.14. The van der Waals surface area contributed by atoms with Gasteiger partial charge >= 0.3 is 0 Å². The standard InChI is InChI=1S/C13H13N5O2S/c1-7(2)3-11-14-5-9(21-11)13-17-12(18-20-13)8-4-10(19)16-6-15-8/h4-7H,3H2,1-2H3,(H,15,16,19). The maximum atomic E-state index is 11.3.